The molecule has 9 nitrogen and oxygen atoms in total. The van der Waals surface area contributed by atoms with Crippen LogP contribution in [0.15, 0.2) is 36.8 Å². The highest BCUT2D eigenvalue weighted by Crippen LogP contribution is 2.30. The van der Waals surface area contributed by atoms with Crippen molar-refractivity contribution in [2.75, 3.05) is 24.5 Å². The quantitative estimate of drug-likeness (QED) is 0.446. The minimum atomic E-state index is -1.21. The van der Waals surface area contributed by atoms with Gasteiger partial charge in [-0.05, 0) is 38.0 Å². The van der Waals surface area contributed by atoms with E-state index in [0.717, 1.165) is 25.9 Å². The molecule has 1 N–H and O–H groups in total. The largest absolute Gasteiger partial charge is 0.352 e. The van der Waals surface area contributed by atoms with Gasteiger partial charge in [0.2, 0.25) is 5.95 Å². The summed E-state index contributed by atoms with van der Waals surface area (Å²) in [4.78, 5) is 26.9. The second kappa shape index (κ2) is 9.49. The molecule has 0 bridgehead atoms. The van der Waals surface area contributed by atoms with Gasteiger partial charge in [0.05, 0.1) is 40.9 Å². The summed E-state index contributed by atoms with van der Waals surface area (Å²) in [5.41, 5.74) is 1.03. The maximum absolute atomic E-state index is 14.8. The summed E-state index contributed by atoms with van der Waals surface area (Å²) in [6.45, 7) is 3.48. The van der Waals surface area contributed by atoms with E-state index in [1.54, 1.807) is 31.6 Å². The normalized spacial score (nSPS) is 14.5. The number of benzene rings is 1. The third kappa shape index (κ3) is 4.39. The molecule has 1 aromatic carbocycles. The number of nitrogens with zero attached hydrogens (tertiary/aromatic N) is 7. The Morgan fingerprint density at radius 3 is 2.57 bits per heavy atom. The van der Waals surface area contributed by atoms with Crippen molar-refractivity contribution in [1.82, 2.24) is 35.3 Å². The number of piperidine rings is 1. The molecule has 0 aliphatic carbocycles. The van der Waals surface area contributed by atoms with Gasteiger partial charge in [-0.25, -0.2) is 23.4 Å². The lowest BCUT2D eigenvalue weighted by atomic mass is 10.0. The number of nitrogens with one attached hydrogen (secondary N) is 1. The highest BCUT2D eigenvalue weighted by Gasteiger charge is 2.25. The summed E-state index contributed by atoms with van der Waals surface area (Å²) in [5.74, 6) is -2.38. The lowest BCUT2D eigenvalue weighted by molar-refractivity contribution is 0.0951. The summed E-state index contributed by atoms with van der Waals surface area (Å²) >= 11 is 5.87. The van der Waals surface area contributed by atoms with Crippen molar-refractivity contribution in [2.45, 2.75) is 25.8 Å². The van der Waals surface area contributed by atoms with E-state index in [4.69, 9.17) is 11.6 Å². The molecular weight excluding hydrogens is 478 g/mol. The van der Waals surface area contributed by atoms with E-state index in [9.17, 15) is 13.6 Å². The lowest BCUT2D eigenvalue weighted by Crippen LogP contribution is -2.36. The van der Waals surface area contributed by atoms with Gasteiger partial charge in [0.15, 0.2) is 11.6 Å². The monoisotopic (exact) mass is 498 g/mol. The van der Waals surface area contributed by atoms with E-state index in [-0.39, 0.29) is 22.9 Å². The van der Waals surface area contributed by atoms with Gasteiger partial charge in [0.25, 0.3) is 5.91 Å². The Hall–Kier alpha value is -3.73. The molecule has 1 aliphatic heterocycles. The molecule has 0 spiro atoms. The second-order valence-electron chi connectivity index (χ2n) is 8.16. The fourth-order valence-corrected chi connectivity index (χ4v) is 4.31. The smallest absolute Gasteiger partial charge is 0.254 e. The minimum Gasteiger partial charge on any atom is -0.352 e. The Balaban J connectivity index is 1.36. The predicted molar refractivity (Wildman–Crippen MR) is 126 cm³/mol. The van der Waals surface area contributed by atoms with Crippen LogP contribution in [0.1, 0.15) is 36.2 Å². The van der Waals surface area contributed by atoms with Crippen molar-refractivity contribution in [3.8, 4) is 11.3 Å². The zero-order valence-corrected chi connectivity index (χ0v) is 19.5. The highest BCUT2D eigenvalue weighted by molar-refractivity contribution is 6.30. The van der Waals surface area contributed by atoms with Gasteiger partial charge in [-0.1, -0.05) is 16.8 Å². The van der Waals surface area contributed by atoms with Crippen LogP contribution in [0, 0.1) is 11.6 Å². The molecule has 0 atom stereocenters. The number of rotatable bonds is 5. The molecule has 5 rings (SSSR count). The highest BCUT2D eigenvalue weighted by atomic mass is 35.5. The standard InChI is InChI=1S/C23H21ClF2N8O/c1-2-27-22(35)16-4-3-15(20(25)21(16)26)17-9-18-19(12-28-17)34(32-31-18)14-5-7-33(8-6-14)23-29-10-13(24)11-30-23/h3-4,9-12,14H,2,5-8H2,1H3,(H,27,35). The molecule has 4 aromatic rings. The number of amides is 1. The fourth-order valence-electron chi connectivity index (χ4n) is 4.21. The van der Waals surface area contributed by atoms with Crippen molar-refractivity contribution in [3.05, 3.63) is 59.0 Å². The van der Waals surface area contributed by atoms with E-state index in [2.05, 4.69) is 35.5 Å². The van der Waals surface area contributed by atoms with E-state index >= 15 is 0 Å². The first kappa shape index (κ1) is 23.0. The van der Waals surface area contributed by atoms with Crippen LogP contribution in [0.5, 0.6) is 0 Å². The molecule has 1 aliphatic rings. The number of hydrogen-bond donors (Lipinski definition) is 1. The molecular formula is C23H21ClF2N8O. The maximum atomic E-state index is 14.8. The van der Waals surface area contributed by atoms with Crippen LogP contribution in [0.25, 0.3) is 22.3 Å². The number of halogens is 3. The molecule has 3 aromatic heterocycles. The maximum Gasteiger partial charge on any atom is 0.254 e. The number of carbonyl (C=O) groups is 1. The Morgan fingerprint density at radius 2 is 1.86 bits per heavy atom. The average Bonchev–Trinajstić information content (AvgIpc) is 3.30. The van der Waals surface area contributed by atoms with Crippen molar-refractivity contribution >= 4 is 34.5 Å². The molecule has 1 fully saturated rings. The molecule has 4 heterocycles. The van der Waals surface area contributed by atoms with Crippen molar-refractivity contribution < 1.29 is 13.6 Å². The zero-order chi connectivity index (χ0) is 24.5. The molecule has 180 valence electrons. The van der Waals surface area contributed by atoms with Crippen LogP contribution >= 0.6 is 11.6 Å². The summed E-state index contributed by atoms with van der Waals surface area (Å²) in [7, 11) is 0. The third-order valence-electron chi connectivity index (χ3n) is 6.00. The molecule has 1 saturated heterocycles. The molecule has 35 heavy (non-hydrogen) atoms. The number of anilines is 1. The van der Waals surface area contributed by atoms with Crippen LogP contribution in [0.3, 0.4) is 0 Å². The zero-order valence-electron chi connectivity index (χ0n) is 18.7. The van der Waals surface area contributed by atoms with Crippen molar-refractivity contribution in [3.63, 3.8) is 0 Å². The van der Waals surface area contributed by atoms with E-state index in [1.807, 2.05) is 4.68 Å². The van der Waals surface area contributed by atoms with E-state index in [0.29, 0.717) is 28.5 Å². The predicted octanol–water partition coefficient (Wildman–Crippen LogP) is 3.81. The van der Waals surface area contributed by atoms with Crippen LogP contribution < -0.4 is 10.2 Å². The number of aromatic nitrogens is 6. The third-order valence-corrected chi connectivity index (χ3v) is 6.19. The van der Waals surface area contributed by atoms with Gasteiger partial charge in [-0.15, -0.1) is 5.10 Å². The fraction of sp³-hybridized carbons (Fsp3) is 0.304. The topological polar surface area (TPSA) is 102 Å². The SMILES string of the molecule is CCNC(=O)c1ccc(-c2cc3nnn(C4CCN(c5ncc(Cl)cn5)CC4)c3cn2)c(F)c1F. The molecule has 0 unspecified atom stereocenters. The van der Waals surface area contributed by atoms with Gasteiger partial charge >= 0.3 is 0 Å². The number of hydrogen-bond acceptors (Lipinski definition) is 7. The van der Waals surface area contributed by atoms with E-state index in [1.165, 1.54) is 12.1 Å². The number of pyridine rings is 1. The van der Waals surface area contributed by atoms with Crippen LogP contribution in [0.4, 0.5) is 14.7 Å². The number of carbonyl (C=O) groups excluding carboxylic acids is 1. The Labute approximate surface area is 204 Å². The Bertz CT molecular complexity index is 1390. The Kier molecular flexibility index (Phi) is 6.25. The van der Waals surface area contributed by atoms with Gasteiger partial charge in [-0.2, -0.15) is 0 Å². The second-order valence-corrected chi connectivity index (χ2v) is 8.60. The van der Waals surface area contributed by atoms with Crippen LogP contribution in [0.2, 0.25) is 5.02 Å². The lowest BCUT2D eigenvalue weighted by Gasteiger charge is -2.31. The van der Waals surface area contributed by atoms with Crippen molar-refractivity contribution in [2.24, 2.45) is 0 Å². The molecule has 12 heteroatoms. The van der Waals surface area contributed by atoms with Gasteiger partial charge < -0.3 is 10.2 Å². The molecule has 1 amide bonds. The first-order valence-electron chi connectivity index (χ1n) is 11.2. The summed E-state index contributed by atoms with van der Waals surface area (Å²) < 4.78 is 31.1. The summed E-state index contributed by atoms with van der Waals surface area (Å²) in [5, 5.41) is 11.5. The minimum absolute atomic E-state index is 0.0525. The van der Waals surface area contributed by atoms with E-state index < -0.39 is 17.5 Å². The number of fused-ring (bicyclic) bond motifs is 1. The molecule has 0 saturated carbocycles. The van der Waals surface area contributed by atoms with Crippen LogP contribution in [-0.4, -0.2) is 55.5 Å². The van der Waals surface area contributed by atoms with Gasteiger partial charge in [0, 0.05) is 25.2 Å². The van der Waals surface area contributed by atoms with Gasteiger partial charge in [-0.3, -0.25) is 9.78 Å². The van der Waals surface area contributed by atoms with Gasteiger partial charge in [0.1, 0.15) is 11.0 Å². The Morgan fingerprint density at radius 1 is 1.11 bits per heavy atom. The summed E-state index contributed by atoms with van der Waals surface area (Å²) in [6.07, 6.45) is 6.31. The average molecular weight is 499 g/mol. The first-order valence-corrected chi connectivity index (χ1v) is 11.5. The van der Waals surface area contributed by atoms with Crippen LogP contribution in [-0.2, 0) is 0 Å². The van der Waals surface area contributed by atoms with Crippen molar-refractivity contribution in [1.29, 1.82) is 0 Å². The summed E-state index contributed by atoms with van der Waals surface area (Å²) in [6, 6.07) is 4.26. The molecule has 0 radical (unpaired) electrons. The first-order chi connectivity index (χ1) is 17.0.